The Bertz CT molecular complexity index is 1210. The second-order valence-corrected chi connectivity index (χ2v) is 8.56. The molecule has 1 aliphatic rings. The number of nitrogens with one attached hydrogen (secondary N) is 2. The third-order valence-corrected chi connectivity index (χ3v) is 6.16. The second-order valence-electron chi connectivity index (χ2n) is 8.56. The molecule has 3 aromatic rings. The average Bonchev–Trinajstić information content (AvgIpc) is 2.97. The Balaban J connectivity index is 1.51. The Morgan fingerprint density at radius 3 is 2.44 bits per heavy atom. The van der Waals surface area contributed by atoms with Crippen LogP contribution < -0.4 is 16.0 Å². The standard InChI is InChI=1S/C27H29N5O2/c1-18-26(33)32(15-14-19-6-4-3-5-7-19)17-22-9-8-21(16-24(22)30-18)27(34)31(2)23-12-10-20(11-13-23)25(28)29/h3-13,16,18,30H,14-15,17H2,1-2H3,(H3,28,29)/t18-/m0/s1. The van der Waals surface area contributed by atoms with E-state index in [2.05, 4.69) is 17.4 Å². The van der Waals surface area contributed by atoms with Crippen molar-refractivity contribution in [3.05, 3.63) is 95.1 Å². The Hall–Kier alpha value is -4.13. The van der Waals surface area contributed by atoms with Gasteiger partial charge in [-0.3, -0.25) is 15.0 Å². The van der Waals surface area contributed by atoms with Crippen molar-refractivity contribution in [1.82, 2.24) is 4.90 Å². The van der Waals surface area contributed by atoms with Crippen molar-refractivity contribution in [1.29, 1.82) is 5.41 Å². The highest BCUT2D eigenvalue weighted by Crippen LogP contribution is 2.26. The molecule has 0 saturated heterocycles. The monoisotopic (exact) mass is 455 g/mol. The molecule has 7 nitrogen and oxygen atoms in total. The Labute approximate surface area is 199 Å². The quantitative estimate of drug-likeness (QED) is 0.390. The van der Waals surface area contributed by atoms with Crippen molar-refractivity contribution in [2.45, 2.75) is 25.9 Å². The zero-order chi connectivity index (χ0) is 24.2. The van der Waals surface area contributed by atoms with E-state index in [9.17, 15) is 9.59 Å². The Kier molecular flexibility index (Phi) is 6.63. The maximum atomic E-state index is 13.2. The molecular weight excluding hydrogens is 426 g/mol. The summed E-state index contributed by atoms with van der Waals surface area (Å²) in [7, 11) is 1.71. The minimum Gasteiger partial charge on any atom is -0.384 e. The summed E-state index contributed by atoms with van der Waals surface area (Å²) in [6.07, 6.45) is 0.790. The maximum Gasteiger partial charge on any atom is 0.258 e. The van der Waals surface area contributed by atoms with E-state index in [1.807, 2.05) is 42.2 Å². The van der Waals surface area contributed by atoms with Crippen LogP contribution in [0.15, 0.2) is 72.8 Å². The van der Waals surface area contributed by atoms with E-state index in [1.54, 1.807) is 42.3 Å². The lowest BCUT2D eigenvalue weighted by atomic mass is 10.1. The number of benzene rings is 3. The second kappa shape index (κ2) is 9.79. The number of amides is 2. The van der Waals surface area contributed by atoms with Crippen molar-refractivity contribution < 1.29 is 9.59 Å². The lowest BCUT2D eigenvalue weighted by Gasteiger charge is -2.23. The highest BCUT2D eigenvalue weighted by molar-refractivity contribution is 6.06. The number of hydrogen-bond donors (Lipinski definition) is 3. The molecule has 3 aromatic carbocycles. The SMILES string of the molecule is C[C@@H]1Nc2cc(C(=O)N(C)c3ccc(C(=N)N)cc3)ccc2CN(CCc2ccccc2)C1=O. The summed E-state index contributed by atoms with van der Waals surface area (Å²) in [6, 6.07) is 22.3. The fraction of sp³-hybridized carbons (Fsp3) is 0.222. The average molecular weight is 456 g/mol. The van der Waals surface area contributed by atoms with Crippen molar-refractivity contribution in [2.24, 2.45) is 5.73 Å². The minimum absolute atomic E-state index is 0.0150. The van der Waals surface area contributed by atoms with Gasteiger partial charge in [0.15, 0.2) is 0 Å². The smallest absolute Gasteiger partial charge is 0.258 e. The number of nitrogens with two attached hydrogens (primary N) is 1. The molecule has 4 N–H and O–H groups in total. The molecule has 0 aromatic heterocycles. The number of anilines is 2. The summed E-state index contributed by atoms with van der Waals surface area (Å²) in [5.41, 5.74) is 10.3. The first-order valence-corrected chi connectivity index (χ1v) is 11.3. The van der Waals surface area contributed by atoms with E-state index in [0.717, 1.165) is 17.7 Å². The van der Waals surface area contributed by atoms with Crippen LogP contribution in [0.25, 0.3) is 0 Å². The summed E-state index contributed by atoms with van der Waals surface area (Å²) in [5.74, 6) is -0.133. The molecule has 0 fully saturated rings. The molecule has 1 heterocycles. The van der Waals surface area contributed by atoms with Gasteiger partial charge in [0.25, 0.3) is 5.91 Å². The molecule has 0 bridgehead atoms. The van der Waals surface area contributed by atoms with Crippen LogP contribution in [0.3, 0.4) is 0 Å². The van der Waals surface area contributed by atoms with Gasteiger partial charge in [-0.2, -0.15) is 0 Å². The van der Waals surface area contributed by atoms with Crippen molar-refractivity contribution >= 4 is 29.0 Å². The van der Waals surface area contributed by atoms with Crippen molar-refractivity contribution in [3.63, 3.8) is 0 Å². The van der Waals surface area contributed by atoms with Gasteiger partial charge in [-0.1, -0.05) is 36.4 Å². The molecule has 34 heavy (non-hydrogen) atoms. The molecule has 0 saturated carbocycles. The predicted octanol–water partition coefficient (Wildman–Crippen LogP) is 3.63. The third kappa shape index (κ3) is 4.93. The van der Waals surface area contributed by atoms with Gasteiger partial charge in [0.1, 0.15) is 11.9 Å². The molecule has 7 heteroatoms. The van der Waals surface area contributed by atoms with Gasteiger partial charge in [-0.15, -0.1) is 0 Å². The fourth-order valence-corrected chi connectivity index (χ4v) is 4.11. The number of carbonyl (C=O) groups is 2. The van der Waals surface area contributed by atoms with Crippen LogP contribution in [0.1, 0.15) is 34.0 Å². The molecule has 4 rings (SSSR count). The van der Waals surface area contributed by atoms with Crippen LogP contribution in [0.5, 0.6) is 0 Å². The number of nitrogens with zero attached hydrogens (tertiary/aromatic N) is 2. The molecule has 174 valence electrons. The summed E-state index contributed by atoms with van der Waals surface area (Å²) in [5, 5.41) is 10.8. The number of amidine groups is 1. The largest absolute Gasteiger partial charge is 0.384 e. The van der Waals surface area contributed by atoms with E-state index >= 15 is 0 Å². The van der Waals surface area contributed by atoms with E-state index in [-0.39, 0.29) is 23.7 Å². The predicted molar refractivity (Wildman–Crippen MR) is 135 cm³/mol. The minimum atomic E-state index is -0.390. The number of carbonyl (C=O) groups excluding carboxylic acids is 2. The normalized spacial score (nSPS) is 15.2. The molecule has 0 aliphatic carbocycles. The van der Waals surface area contributed by atoms with Gasteiger partial charge in [0.2, 0.25) is 5.91 Å². The first kappa shape index (κ1) is 23.0. The summed E-state index contributed by atoms with van der Waals surface area (Å²) in [6.45, 7) is 2.98. The summed E-state index contributed by atoms with van der Waals surface area (Å²) in [4.78, 5) is 29.6. The Morgan fingerprint density at radius 2 is 1.76 bits per heavy atom. The molecule has 2 amide bonds. The van der Waals surface area contributed by atoms with Crippen molar-refractivity contribution in [2.75, 3.05) is 23.8 Å². The van der Waals surface area contributed by atoms with Crippen LogP contribution in [0, 0.1) is 5.41 Å². The number of fused-ring (bicyclic) bond motifs is 1. The number of nitrogen functional groups attached to an aromatic ring is 1. The lowest BCUT2D eigenvalue weighted by Crippen LogP contribution is -2.39. The van der Waals surface area contributed by atoms with Crippen LogP contribution in [0.2, 0.25) is 0 Å². The maximum absolute atomic E-state index is 13.2. The molecule has 1 atom stereocenters. The highest BCUT2D eigenvalue weighted by Gasteiger charge is 2.27. The highest BCUT2D eigenvalue weighted by atomic mass is 16.2. The zero-order valence-electron chi connectivity index (χ0n) is 19.4. The van der Waals surface area contributed by atoms with Gasteiger partial charge in [-0.05, 0) is 60.9 Å². The fourth-order valence-electron chi connectivity index (χ4n) is 4.11. The van der Waals surface area contributed by atoms with Gasteiger partial charge in [-0.25, -0.2) is 0 Å². The van der Waals surface area contributed by atoms with Crippen LogP contribution >= 0.6 is 0 Å². The zero-order valence-corrected chi connectivity index (χ0v) is 19.4. The molecule has 0 spiro atoms. The van der Waals surface area contributed by atoms with E-state index in [1.165, 1.54) is 5.56 Å². The van der Waals surface area contributed by atoms with Crippen LogP contribution in [0.4, 0.5) is 11.4 Å². The summed E-state index contributed by atoms with van der Waals surface area (Å²) < 4.78 is 0. The molecule has 0 radical (unpaired) electrons. The number of rotatable bonds is 6. The van der Waals surface area contributed by atoms with Gasteiger partial charge in [0, 0.05) is 42.6 Å². The van der Waals surface area contributed by atoms with Gasteiger partial charge < -0.3 is 20.9 Å². The van der Waals surface area contributed by atoms with Crippen molar-refractivity contribution in [3.8, 4) is 0 Å². The van der Waals surface area contributed by atoms with E-state index in [0.29, 0.717) is 29.9 Å². The van der Waals surface area contributed by atoms with E-state index in [4.69, 9.17) is 11.1 Å². The molecule has 0 unspecified atom stereocenters. The first-order valence-electron chi connectivity index (χ1n) is 11.3. The van der Waals surface area contributed by atoms with Crippen LogP contribution in [-0.4, -0.2) is 42.2 Å². The lowest BCUT2D eigenvalue weighted by molar-refractivity contribution is -0.132. The van der Waals surface area contributed by atoms with Crippen LogP contribution in [-0.2, 0) is 17.8 Å². The molecular formula is C27H29N5O2. The topological polar surface area (TPSA) is 103 Å². The summed E-state index contributed by atoms with van der Waals surface area (Å²) >= 11 is 0. The van der Waals surface area contributed by atoms with Gasteiger partial charge >= 0.3 is 0 Å². The first-order chi connectivity index (χ1) is 16.3. The van der Waals surface area contributed by atoms with E-state index < -0.39 is 0 Å². The third-order valence-electron chi connectivity index (χ3n) is 6.16. The van der Waals surface area contributed by atoms with Gasteiger partial charge in [0.05, 0.1) is 0 Å². The Morgan fingerprint density at radius 1 is 1.09 bits per heavy atom. The molecule has 1 aliphatic heterocycles. The number of hydrogen-bond acceptors (Lipinski definition) is 4.